The zero-order chi connectivity index (χ0) is 25.9. The SMILES string of the molecule is CC(=O)Oc1ccc(C(=O)Nc2cccc(Nc3ccc4sc(-c5ccnc(N)n5)c(C)c4c3)c2)cc1. The van der Waals surface area contributed by atoms with Gasteiger partial charge in [-0.15, -0.1) is 11.3 Å². The monoisotopic (exact) mass is 509 g/mol. The number of rotatable bonds is 6. The summed E-state index contributed by atoms with van der Waals surface area (Å²) in [5.74, 6) is -0.0324. The molecule has 3 aromatic carbocycles. The van der Waals surface area contributed by atoms with Crippen LogP contribution in [0, 0.1) is 6.92 Å². The minimum absolute atomic E-state index is 0.252. The van der Waals surface area contributed by atoms with Gasteiger partial charge in [0.25, 0.3) is 5.91 Å². The minimum Gasteiger partial charge on any atom is -0.427 e. The van der Waals surface area contributed by atoms with Crippen LogP contribution >= 0.6 is 11.3 Å². The Morgan fingerprint density at radius 1 is 0.946 bits per heavy atom. The van der Waals surface area contributed by atoms with Crippen molar-refractivity contribution in [1.29, 1.82) is 0 Å². The van der Waals surface area contributed by atoms with Crippen molar-refractivity contribution in [3.05, 3.63) is 90.1 Å². The molecule has 8 nitrogen and oxygen atoms in total. The van der Waals surface area contributed by atoms with Crippen LogP contribution in [0.4, 0.5) is 23.0 Å². The van der Waals surface area contributed by atoms with E-state index >= 15 is 0 Å². The highest BCUT2D eigenvalue weighted by atomic mass is 32.1. The second-order valence-electron chi connectivity index (χ2n) is 8.35. The van der Waals surface area contributed by atoms with Crippen molar-refractivity contribution in [2.75, 3.05) is 16.4 Å². The lowest BCUT2D eigenvalue weighted by Gasteiger charge is -2.10. The molecule has 0 aliphatic rings. The van der Waals surface area contributed by atoms with Gasteiger partial charge in [0.2, 0.25) is 5.95 Å². The molecule has 0 radical (unpaired) electrons. The number of anilines is 4. The molecule has 0 aliphatic heterocycles. The van der Waals surface area contributed by atoms with Gasteiger partial charge in [0.15, 0.2) is 0 Å². The second-order valence-corrected chi connectivity index (χ2v) is 9.40. The second kappa shape index (κ2) is 10.1. The van der Waals surface area contributed by atoms with Crippen LogP contribution in [-0.2, 0) is 4.79 Å². The summed E-state index contributed by atoms with van der Waals surface area (Å²) in [7, 11) is 0. The average Bonchev–Trinajstić information content (AvgIpc) is 3.20. The molecular weight excluding hydrogens is 486 g/mol. The molecule has 0 spiro atoms. The Morgan fingerprint density at radius 3 is 2.46 bits per heavy atom. The maximum absolute atomic E-state index is 12.7. The average molecular weight is 510 g/mol. The number of nitrogens with two attached hydrogens (primary N) is 1. The molecule has 5 rings (SSSR count). The van der Waals surface area contributed by atoms with Gasteiger partial charge >= 0.3 is 5.97 Å². The number of carbonyl (C=O) groups is 2. The van der Waals surface area contributed by atoms with Crippen molar-refractivity contribution >= 4 is 56.3 Å². The molecule has 0 unspecified atom stereocenters. The number of fused-ring (bicyclic) bond motifs is 1. The van der Waals surface area contributed by atoms with E-state index in [0.717, 1.165) is 37.6 Å². The van der Waals surface area contributed by atoms with Gasteiger partial charge in [-0.2, -0.15) is 0 Å². The highest BCUT2D eigenvalue weighted by Gasteiger charge is 2.13. The summed E-state index contributed by atoms with van der Waals surface area (Å²) < 4.78 is 6.16. The highest BCUT2D eigenvalue weighted by molar-refractivity contribution is 7.22. The number of ether oxygens (including phenoxy) is 1. The van der Waals surface area contributed by atoms with E-state index in [1.165, 1.54) is 6.92 Å². The summed E-state index contributed by atoms with van der Waals surface area (Å²) in [5.41, 5.74) is 10.6. The lowest BCUT2D eigenvalue weighted by atomic mass is 10.1. The van der Waals surface area contributed by atoms with E-state index in [2.05, 4.69) is 39.7 Å². The molecule has 4 N–H and O–H groups in total. The summed E-state index contributed by atoms with van der Waals surface area (Å²) in [6.07, 6.45) is 1.66. The molecule has 0 aliphatic carbocycles. The number of aryl methyl sites for hydroxylation is 1. The van der Waals surface area contributed by atoms with E-state index in [4.69, 9.17) is 10.5 Å². The number of esters is 1. The van der Waals surface area contributed by atoms with Crippen molar-refractivity contribution in [2.24, 2.45) is 0 Å². The van der Waals surface area contributed by atoms with Crippen LogP contribution < -0.4 is 21.1 Å². The van der Waals surface area contributed by atoms with E-state index in [1.807, 2.05) is 36.4 Å². The maximum atomic E-state index is 12.7. The molecule has 0 fully saturated rings. The van der Waals surface area contributed by atoms with Gasteiger partial charge in [0.05, 0.1) is 10.6 Å². The molecular formula is C28H23N5O3S. The Labute approximate surface area is 217 Å². The summed E-state index contributed by atoms with van der Waals surface area (Å²) in [4.78, 5) is 33.2. The number of benzene rings is 3. The zero-order valence-corrected chi connectivity index (χ0v) is 20.9. The number of aromatic nitrogens is 2. The Bertz CT molecular complexity index is 1630. The standard InChI is InChI=1S/C28H23N5O3S/c1-16-23-15-21(8-11-25(23)37-26(16)24-12-13-30-28(29)33-24)31-19-4-3-5-20(14-19)32-27(35)18-6-9-22(10-7-18)36-17(2)34/h3-15,31H,1-2H3,(H,32,35)(H2,29,30,33). The highest BCUT2D eigenvalue weighted by Crippen LogP contribution is 2.39. The van der Waals surface area contributed by atoms with Crippen LogP contribution in [0.5, 0.6) is 5.75 Å². The number of nitrogens with zero attached hydrogens (tertiary/aromatic N) is 2. The molecule has 2 aromatic heterocycles. The number of hydrogen-bond acceptors (Lipinski definition) is 8. The van der Waals surface area contributed by atoms with Gasteiger partial charge in [0.1, 0.15) is 5.75 Å². The minimum atomic E-state index is -0.411. The van der Waals surface area contributed by atoms with Gasteiger partial charge in [-0.3, -0.25) is 9.59 Å². The fourth-order valence-electron chi connectivity index (χ4n) is 3.93. The lowest BCUT2D eigenvalue weighted by Crippen LogP contribution is -2.12. The van der Waals surface area contributed by atoms with Crippen molar-refractivity contribution in [2.45, 2.75) is 13.8 Å². The van der Waals surface area contributed by atoms with Gasteiger partial charge in [0, 0.05) is 40.4 Å². The van der Waals surface area contributed by atoms with Crippen molar-refractivity contribution in [3.63, 3.8) is 0 Å². The summed E-state index contributed by atoms with van der Waals surface area (Å²) in [6, 6.07) is 21.9. The third-order valence-corrected chi connectivity index (χ3v) is 6.93. The molecule has 9 heteroatoms. The first kappa shape index (κ1) is 24.0. The predicted molar refractivity (Wildman–Crippen MR) is 147 cm³/mol. The fourth-order valence-corrected chi connectivity index (χ4v) is 5.09. The Morgan fingerprint density at radius 2 is 1.70 bits per heavy atom. The topological polar surface area (TPSA) is 119 Å². The van der Waals surface area contributed by atoms with E-state index in [1.54, 1.807) is 41.8 Å². The van der Waals surface area contributed by atoms with Gasteiger partial charge in [-0.1, -0.05) is 6.07 Å². The molecule has 1 amide bonds. The number of amides is 1. The molecule has 37 heavy (non-hydrogen) atoms. The molecule has 0 saturated heterocycles. The lowest BCUT2D eigenvalue weighted by molar-refractivity contribution is -0.131. The van der Waals surface area contributed by atoms with Crippen LogP contribution in [0.2, 0.25) is 0 Å². The Hall–Kier alpha value is -4.76. The first-order valence-electron chi connectivity index (χ1n) is 11.4. The molecule has 0 atom stereocenters. The molecule has 0 saturated carbocycles. The van der Waals surface area contributed by atoms with Crippen LogP contribution in [-0.4, -0.2) is 21.8 Å². The third kappa shape index (κ3) is 5.41. The quantitative estimate of drug-likeness (QED) is 0.185. The van der Waals surface area contributed by atoms with Crippen LogP contribution in [0.15, 0.2) is 79.0 Å². The number of thiophene rings is 1. The van der Waals surface area contributed by atoms with E-state index in [-0.39, 0.29) is 11.9 Å². The number of hydrogen-bond donors (Lipinski definition) is 3. The third-order valence-electron chi connectivity index (χ3n) is 5.63. The molecule has 184 valence electrons. The van der Waals surface area contributed by atoms with Crippen LogP contribution in [0.25, 0.3) is 20.7 Å². The van der Waals surface area contributed by atoms with E-state index in [0.29, 0.717) is 17.0 Å². The van der Waals surface area contributed by atoms with Gasteiger partial charge < -0.3 is 21.1 Å². The first-order valence-corrected chi connectivity index (χ1v) is 12.3. The number of carbonyl (C=O) groups excluding carboxylic acids is 2. The van der Waals surface area contributed by atoms with Gasteiger partial charge in [-0.05, 0) is 84.6 Å². The van der Waals surface area contributed by atoms with E-state index < -0.39 is 5.97 Å². The fraction of sp³-hybridized carbons (Fsp3) is 0.0714. The smallest absolute Gasteiger partial charge is 0.308 e. The summed E-state index contributed by atoms with van der Waals surface area (Å²) in [5, 5.41) is 7.45. The van der Waals surface area contributed by atoms with Crippen molar-refractivity contribution < 1.29 is 14.3 Å². The number of nitrogen functional groups attached to an aromatic ring is 1. The normalized spacial score (nSPS) is 10.8. The largest absolute Gasteiger partial charge is 0.427 e. The predicted octanol–water partition coefficient (Wildman–Crippen LogP) is 6.17. The first-order chi connectivity index (χ1) is 17.9. The molecule has 0 bridgehead atoms. The van der Waals surface area contributed by atoms with E-state index in [9.17, 15) is 9.59 Å². The molecule has 5 aromatic rings. The zero-order valence-electron chi connectivity index (χ0n) is 20.1. The van der Waals surface area contributed by atoms with Crippen LogP contribution in [0.1, 0.15) is 22.8 Å². The van der Waals surface area contributed by atoms with Gasteiger partial charge in [-0.25, -0.2) is 9.97 Å². The maximum Gasteiger partial charge on any atom is 0.308 e. The number of nitrogens with one attached hydrogen (secondary N) is 2. The van der Waals surface area contributed by atoms with Crippen molar-refractivity contribution in [1.82, 2.24) is 9.97 Å². The summed E-state index contributed by atoms with van der Waals surface area (Å²) >= 11 is 1.67. The Balaban J connectivity index is 1.32. The summed E-state index contributed by atoms with van der Waals surface area (Å²) in [6.45, 7) is 3.40. The van der Waals surface area contributed by atoms with Crippen molar-refractivity contribution in [3.8, 4) is 16.3 Å². The van der Waals surface area contributed by atoms with Crippen LogP contribution in [0.3, 0.4) is 0 Å². The molecule has 2 heterocycles. The Kier molecular flexibility index (Phi) is 6.53.